The number of benzene rings is 2. The van der Waals surface area contributed by atoms with E-state index in [1.165, 1.54) is 29.6 Å². The largest absolute Gasteiger partial charge is 0.494 e. The van der Waals surface area contributed by atoms with Gasteiger partial charge in [-0.25, -0.2) is 14.5 Å². The number of nitrogens with one attached hydrogen (secondary N) is 1. The van der Waals surface area contributed by atoms with Gasteiger partial charge >= 0.3 is 5.69 Å². The van der Waals surface area contributed by atoms with E-state index in [0.717, 1.165) is 15.8 Å². The molecule has 12 nitrogen and oxygen atoms in total. The third-order valence-corrected chi connectivity index (χ3v) is 5.82. The van der Waals surface area contributed by atoms with Crippen molar-refractivity contribution in [3.05, 3.63) is 81.9 Å². The van der Waals surface area contributed by atoms with Crippen molar-refractivity contribution < 1.29 is 9.53 Å². The van der Waals surface area contributed by atoms with Crippen LogP contribution in [0.25, 0.3) is 28.1 Å². The third kappa shape index (κ3) is 3.94. The molecule has 3 aromatic heterocycles. The number of para-hydroxylation sites is 2. The van der Waals surface area contributed by atoms with Gasteiger partial charge in [-0.15, -0.1) is 5.10 Å². The van der Waals surface area contributed by atoms with Crippen LogP contribution in [-0.2, 0) is 25.4 Å². The highest BCUT2D eigenvalue weighted by atomic mass is 16.5. The highest BCUT2D eigenvalue weighted by Crippen LogP contribution is 2.24. The maximum Gasteiger partial charge on any atom is 0.332 e. The fourth-order valence-electron chi connectivity index (χ4n) is 3.93. The fourth-order valence-corrected chi connectivity index (χ4v) is 3.93. The smallest absolute Gasteiger partial charge is 0.332 e. The Bertz CT molecular complexity index is 1710. The zero-order chi connectivity index (χ0) is 25.4. The molecule has 0 saturated carbocycles. The second kappa shape index (κ2) is 8.98. The van der Waals surface area contributed by atoms with Gasteiger partial charge < -0.3 is 14.6 Å². The number of methoxy groups -OCH3 is 1. The molecule has 182 valence electrons. The number of carbonyl (C=O) groups excluding carboxylic acids is 1. The van der Waals surface area contributed by atoms with Crippen LogP contribution in [0.3, 0.4) is 0 Å². The van der Waals surface area contributed by atoms with Gasteiger partial charge in [0.2, 0.25) is 5.91 Å². The van der Waals surface area contributed by atoms with Crippen molar-refractivity contribution in [1.82, 2.24) is 33.7 Å². The SMILES string of the molecule is COc1ccccc1-n1cc(-c2ccc(NC(=O)Cn3cnc4c3c(=O)n(C)c(=O)n4C)cc2)nn1. The fraction of sp³-hybridized carbons (Fsp3) is 0.167. The molecule has 1 N–H and O–H groups in total. The van der Waals surface area contributed by atoms with Gasteiger partial charge in [0.25, 0.3) is 5.56 Å². The van der Waals surface area contributed by atoms with Crippen LogP contribution >= 0.6 is 0 Å². The van der Waals surface area contributed by atoms with Crippen molar-refractivity contribution in [2.24, 2.45) is 14.1 Å². The van der Waals surface area contributed by atoms with Crippen LogP contribution in [0, 0.1) is 0 Å². The average molecular weight is 486 g/mol. The van der Waals surface area contributed by atoms with Crippen molar-refractivity contribution in [1.29, 1.82) is 0 Å². The summed E-state index contributed by atoms with van der Waals surface area (Å²) in [4.78, 5) is 41.5. The molecule has 12 heteroatoms. The molecule has 0 spiro atoms. The quantitative estimate of drug-likeness (QED) is 0.383. The molecule has 5 rings (SSSR count). The molecule has 0 aliphatic carbocycles. The first-order valence-corrected chi connectivity index (χ1v) is 10.9. The van der Waals surface area contributed by atoms with Crippen LogP contribution in [0.5, 0.6) is 5.75 Å². The molecule has 2 aromatic carbocycles. The van der Waals surface area contributed by atoms with E-state index in [4.69, 9.17) is 4.74 Å². The number of rotatable bonds is 6. The van der Waals surface area contributed by atoms with Crippen LogP contribution in [0.2, 0.25) is 0 Å². The zero-order valence-electron chi connectivity index (χ0n) is 19.7. The van der Waals surface area contributed by atoms with Crippen LogP contribution in [-0.4, -0.2) is 46.7 Å². The summed E-state index contributed by atoms with van der Waals surface area (Å²) < 4.78 is 10.7. The second-order valence-corrected chi connectivity index (χ2v) is 8.10. The van der Waals surface area contributed by atoms with Crippen LogP contribution in [0.4, 0.5) is 5.69 Å². The molecular formula is C24H22N8O4. The van der Waals surface area contributed by atoms with E-state index in [9.17, 15) is 14.4 Å². The lowest BCUT2D eigenvalue weighted by Gasteiger charge is -2.08. The first-order valence-electron chi connectivity index (χ1n) is 10.9. The Kier molecular flexibility index (Phi) is 5.68. The minimum Gasteiger partial charge on any atom is -0.494 e. The van der Waals surface area contributed by atoms with Gasteiger partial charge in [0.1, 0.15) is 23.7 Å². The number of carbonyl (C=O) groups is 1. The Morgan fingerprint density at radius 1 is 1.03 bits per heavy atom. The van der Waals surface area contributed by atoms with Gasteiger partial charge in [-0.3, -0.25) is 18.7 Å². The molecule has 0 unspecified atom stereocenters. The molecule has 36 heavy (non-hydrogen) atoms. The van der Waals surface area contributed by atoms with Crippen molar-refractivity contribution in [2.75, 3.05) is 12.4 Å². The lowest BCUT2D eigenvalue weighted by molar-refractivity contribution is -0.116. The Morgan fingerprint density at radius 2 is 1.78 bits per heavy atom. The lowest BCUT2D eigenvalue weighted by atomic mass is 10.1. The van der Waals surface area contributed by atoms with E-state index in [-0.39, 0.29) is 23.6 Å². The van der Waals surface area contributed by atoms with Crippen LogP contribution in [0.1, 0.15) is 0 Å². The predicted octanol–water partition coefficient (Wildman–Crippen LogP) is 1.33. The molecule has 0 aliphatic heterocycles. The second-order valence-electron chi connectivity index (χ2n) is 8.10. The summed E-state index contributed by atoms with van der Waals surface area (Å²) in [5.41, 5.74) is 2.23. The van der Waals surface area contributed by atoms with E-state index in [2.05, 4.69) is 20.6 Å². The van der Waals surface area contributed by atoms with E-state index in [1.54, 1.807) is 30.1 Å². The van der Waals surface area contributed by atoms with Gasteiger partial charge in [0.15, 0.2) is 11.2 Å². The standard InChI is InChI=1S/C24H22N8O4/c1-29-22-21(23(34)30(2)24(29)35)31(14-25-22)13-20(33)26-16-10-8-15(9-11-16)17-12-32(28-27-17)18-6-4-5-7-19(18)36-3/h4-12,14H,13H2,1-3H3,(H,26,33). The number of aromatic nitrogens is 7. The van der Waals surface area contributed by atoms with Gasteiger partial charge in [-0.1, -0.05) is 29.5 Å². The molecule has 1 amide bonds. The summed E-state index contributed by atoms with van der Waals surface area (Å²) in [6, 6.07) is 14.7. The number of hydrogen-bond donors (Lipinski definition) is 1. The van der Waals surface area contributed by atoms with Crippen molar-refractivity contribution in [3.63, 3.8) is 0 Å². The molecule has 0 radical (unpaired) electrons. The van der Waals surface area contributed by atoms with E-state index in [1.807, 2.05) is 36.4 Å². The number of fused-ring (bicyclic) bond motifs is 1. The van der Waals surface area contributed by atoms with E-state index in [0.29, 0.717) is 17.1 Å². The first kappa shape index (κ1) is 22.8. The molecule has 0 aliphatic rings. The number of anilines is 1. The Morgan fingerprint density at radius 3 is 2.53 bits per heavy atom. The molecule has 0 bridgehead atoms. The minimum absolute atomic E-state index is 0.140. The summed E-state index contributed by atoms with van der Waals surface area (Å²) >= 11 is 0. The van der Waals surface area contributed by atoms with Gasteiger partial charge in [-0.2, -0.15) is 0 Å². The first-order chi connectivity index (χ1) is 17.4. The normalized spacial score (nSPS) is 11.1. The summed E-state index contributed by atoms with van der Waals surface area (Å²) in [6.07, 6.45) is 3.17. The molecule has 3 heterocycles. The molecule has 0 saturated heterocycles. The van der Waals surface area contributed by atoms with Crippen molar-refractivity contribution in [2.45, 2.75) is 6.54 Å². The number of hydrogen-bond acceptors (Lipinski definition) is 7. The maximum atomic E-state index is 12.7. The topological polar surface area (TPSA) is 131 Å². The number of nitrogens with zero attached hydrogens (tertiary/aromatic N) is 7. The number of ether oxygens (including phenoxy) is 1. The highest BCUT2D eigenvalue weighted by molar-refractivity contribution is 5.91. The van der Waals surface area contributed by atoms with E-state index >= 15 is 0 Å². The number of imidazole rings is 1. The molecule has 0 fully saturated rings. The molecular weight excluding hydrogens is 464 g/mol. The van der Waals surface area contributed by atoms with E-state index < -0.39 is 11.2 Å². The summed E-state index contributed by atoms with van der Waals surface area (Å²) in [6.45, 7) is -0.140. The Labute approximate surface area is 204 Å². The average Bonchev–Trinajstić information content (AvgIpc) is 3.54. The van der Waals surface area contributed by atoms with Gasteiger partial charge in [0, 0.05) is 25.3 Å². The number of aryl methyl sites for hydroxylation is 1. The summed E-state index contributed by atoms with van der Waals surface area (Å²) in [5.74, 6) is 0.331. The number of amides is 1. The Hall–Kier alpha value is -5.00. The third-order valence-electron chi connectivity index (χ3n) is 5.82. The highest BCUT2D eigenvalue weighted by Gasteiger charge is 2.16. The van der Waals surface area contributed by atoms with Crippen molar-refractivity contribution >= 4 is 22.8 Å². The monoisotopic (exact) mass is 486 g/mol. The Balaban J connectivity index is 1.32. The minimum atomic E-state index is -0.510. The summed E-state index contributed by atoms with van der Waals surface area (Å²) in [7, 11) is 4.51. The van der Waals surface area contributed by atoms with Gasteiger partial charge in [-0.05, 0) is 24.3 Å². The zero-order valence-corrected chi connectivity index (χ0v) is 19.7. The predicted molar refractivity (Wildman–Crippen MR) is 132 cm³/mol. The van der Waals surface area contributed by atoms with Crippen molar-refractivity contribution in [3.8, 4) is 22.7 Å². The van der Waals surface area contributed by atoms with Crippen LogP contribution < -0.4 is 21.3 Å². The van der Waals surface area contributed by atoms with Crippen LogP contribution in [0.15, 0.2) is 70.6 Å². The maximum absolute atomic E-state index is 12.7. The lowest BCUT2D eigenvalue weighted by Crippen LogP contribution is -2.37. The summed E-state index contributed by atoms with van der Waals surface area (Å²) in [5, 5.41) is 11.2. The molecule has 0 atom stereocenters. The molecule has 5 aromatic rings. The van der Waals surface area contributed by atoms with Gasteiger partial charge in [0.05, 0.1) is 19.6 Å².